The molecule has 1 heterocycles. The number of nitrogens with one attached hydrogen (secondary N) is 1. The molecule has 1 atom stereocenters. The number of carboxylic acid groups (broad SMARTS) is 1. The summed E-state index contributed by atoms with van der Waals surface area (Å²) in [7, 11) is 1.58. The van der Waals surface area contributed by atoms with Gasteiger partial charge in [0.2, 0.25) is 0 Å². The second kappa shape index (κ2) is 13.7. The number of benzene rings is 3. The third-order valence-corrected chi connectivity index (χ3v) is 7.50. The maximum absolute atomic E-state index is 15.0. The number of halogens is 4. The Hall–Kier alpha value is -4.71. The van der Waals surface area contributed by atoms with Crippen LogP contribution in [0.3, 0.4) is 0 Å². The van der Waals surface area contributed by atoms with E-state index in [4.69, 9.17) is 20.4 Å². The SMILES string of the molecule is COc1cccc(-c2ccc(NC(=O)C3=C(C(=O)N4Cc5ccccc5C[C@H]4CN)CCC3)c(F)c2)c1.O=C(O)C(F)(F)F. The summed E-state index contributed by atoms with van der Waals surface area (Å²) in [5, 5.41) is 9.82. The highest BCUT2D eigenvalue weighted by Gasteiger charge is 2.38. The Morgan fingerprint density at radius 2 is 1.64 bits per heavy atom. The van der Waals surface area contributed by atoms with Crippen molar-refractivity contribution in [3.05, 3.63) is 94.8 Å². The van der Waals surface area contributed by atoms with Crippen molar-refractivity contribution in [2.75, 3.05) is 19.0 Å². The number of hydrogen-bond donors (Lipinski definition) is 3. The van der Waals surface area contributed by atoms with Crippen molar-refractivity contribution in [3.8, 4) is 16.9 Å². The number of amides is 2. The Morgan fingerprint density at radius 3 is 2.27 bits per heavy atom. The third-order valence-electron chi connectivity index (χ3n) is 7.50. The maximum Gasteiger partial charge on any atom is 0.490 e. The minimum absolute atomic E-state index is 0.0783. The molecule has 0 aromatic heterocycles. The van der Waals surface area contributed by atoms with Gasteiger partial charge in [-0.2, -0.15) is 13.2 Å². The molecule has 0 spiro atoms. The Bertz CT molecular complexity index is 1590. The number of carbonyl (C=O) groups excluding carboxylic acids is 2. The molecule has 5 rings (SSSR count). The average molecular weight is 614 g/mol. The molecular formula is C32H31F4N3O5. The van der Waals surface area contributed by atoms with Crippen molar-refractivity contribution in [2.45, 2.75) is 44.4 Å². The highest BCUT2D eigenvalue weighted by atomic mass is 19.4. The quantitative estimate of drug-likeness (QED) is 0.317. The van der Waals surface area contributed by atoms with Gasteiger partial charge in [0, 0.05) is 30.3 Å². The zero-order chi connectivity index (χ0) is 32.0. The summed E-state index contributed by atoms with van der Waals surface area (Å²) in [6.07, 6.45) is -2.68. The fourth-order valence-corrected chi connectivity index (χ4v) is 5.24. The Labute approximate surface area is 251 Å². The van der Waals surface area contributed by atoms with Crippen molar-refractivity contribution in [1.82, 2.24) is 4.90 Å². The number of rotatable bonds is 6. The number of nitrogens with two attached hydrogens (primary N) is 1. The van der Waals surface area contributed by atoms with E-state index in [1.165, 1.54) is 11.6 Å². The Morgan fingerprint density at radius 1 is 0.977 bits per heavy atom. The smallest absolute Gasteiger partial charge is 0.490 e. The molecular weight excluding hydrogens is 582 g/mol. The van der Waals surface area contributed by atoms with Crippen molar-refractivity contribution in [2.24, 2.45) is 5.73 Å². The molecule has 12 heteroatoms. The van der Waals surface area contributed by atoms with Crippen LogP contribution in [0.15, 0.2) is 77.9 Å². The van der Waals surface area contributed by atoms with Crippen molar-refractivity contribution >= 4 is 23.5 Å². The first kappa shape index (κ1) is 32.2. The van der Waals surface area contributed by atoms with Gasteiger partial charge in [0.15, 0.2) is 0 Å². The summed E-state index contributed by atoms with van der Waals surface area (Å²) in [6, 6.07) is 20.0. The third kappa shape index (κ3) is 7.43. The molecule has 1 aliphatic heterocycles. The molecule has 1 aliphatic carbocycles. The van der Waals surface area contributed by atoms with Gasteiger partial charge >= 0.3 is 12.1 Å². The van der Waals surface area contributed by atoms with Gasteiger partial charge in [0.05, 0.1) is 12.8 Å². The van der Waals surface area contributed by atoms with Crippen LogP contribution >= 0.6 is 0 Å². The van der Waals surface area contributed by atoms with Crippen LogP contribution in [0.1, 0.15) is 30.4 Å². The number of nitrogens with zero attached hydrogens (tertiary/aromatic N) is 1. The van der Waals surface area contributed by atoms with Gasteiger partial charge in [-0.3, -0.25) is 9.59 Å². The second-order valence-electron chi connectivity index (χ2n) is 10.3. The van der Waals surface area contributed by atoms with E-state index in [2.05, 4.69) is 11.4 Å². The Kier molecular flexibility index (Phi) is 10.0. The average Bonchev–Trinajstić information content (AvgIpc) is 3.51. The van der Waals surface area contributed by atoms with Gasteiger partial charge in [0.1, 0.15) is 11.6 Å². The van der Waals surface area contributed by atoms with Crippen LogP contribution in [0.25, 0.3) is 11.1 Å². The lowest BCUT2D eigenvalue weighted by Crippen LogP contribution is -2.48. The lowest BCUT2D eigenvalue weighted by molar-refractivity contribution is -0.192. The predicted molar refractivity (Wildman–Crippen MR) is 155 cm³/mol. The summed E-state index contributed by atoms with van der Waals surface area (Å²) in [4.78, 5) is 37.5. The maximum atomic E-state index is 15.0. The molecule has 0 radical (unpaired) electrons. The molecule has 2 aliphatic rings. The van der Waals surface area contributed by atoms with Crippen LogP contribution in [0.4, 0.5) is 23.2 Å². The number of carbonyl (C=O) groups is 3. The van der Waals surface area contributed by atoms with Gasteiger partial charge in [-0.25, -0.2) is 9.18 Å². The zero-order valence-corrected chi connectivity index (χ0v) is 23.8. The van der Waals surface area contributed by atoms with Gasteiger partial charge in [-0.15, -0.1) is 0 Å². The summed E-state index contributed by atoms with van der Waals surface area (Å²) in [5.74, 6) is -3.21. The molecule has 3 aromatic rings. The van der Waals surface area contributed by atoms with E-state index in [9.17, 15) is 27.2 Å². The molecule has 232 valence electrons. The van der Waals surface area contributed by atoms with Gasteiger partial charge in [0.25, 0.3) is 11.8 Å². The van der Waals surface area contributed by atoms with Gasteiger partial charge < -0.3 is 25.8 Å². The lowest BCUT2D eigenvalue weighted by Gasteiger charge is -2.37. The van der Waals surface area contributed by atoms with Crippen molar-refractivity contribution < 1.29 is 41.8 Å². The number of anilines is 1. The number of methoxy groups -OCH3 is 1. The fourth-order valence-electron chi connectivity index (χ4n) is 5.24. The fraction of sp³-hybridized carbons (Fsp3) is 0.281. The molecule has 0 saturated heterocycles. The first-order valence-electron chi connectivity index (χ1n) is 13.8. The summed E-state index contributed by atoms with van der Waals surface area (Å²) in [6.45, 7) is 0.815. The van der Waals surface area contributed by atoms with Crippen molar-refractivity contribution in [3.63, 3.8) is 0 Å². The first-order chi connectivity index (χ1) is 20.9. The number of fused-ring (bicyclic) bond motifs is 1. The monoisotopic (exact) mass is 613 g/mol. The largest absolute Gasteiger partial charge is 0.497 e. The van der Waals surface area contributed by atoms with Crippen LogP contribution in [0.5, 0.6) is 5.75 Å². The minimum atomic E-state index is -5.08. The normalized spacial score (nSPS) is 16.0. The van der Waals surface area contributed by atoms with E-state index >= 15 is 0 Å². The molecule has 0 bridgehead atoms. The summed E-state index contributed by atoms with van der Waals surface area (Å²) < 4.78 is 52.0. The Balaban J connectivity index is 0.000000566. The van der Waals surface area contributed by atoms with Crippen LogP contribution in [-0.4, -0.2) is 53.7 Å². The number of alkyl halides is 3. The minimum Gasteiger partial charge on any atom is -0.497 e. The highest BCUT2D eigenvalue weighted by Crippen LogP contribution is 2.33. The first-order valence-corrected chi connectivity index (χ1v) is 13.8. The molecule has 0 saturated carbocycles. The number of carboxylic acids is 1. The second-order valence-corrected chi connectivity index (χ2v) is 10.3. The summed E-state index contributed by atoms with van der Waals surface area (Å²) >= 11 is 0. The van der Waals surface area contributed by atoms with Crippen LogP contribution in [0, 0.1) is 5.82 Å². The van der Waals surface area contributed by atoms with Crippen LogP contribution in [-0.2, 0) is 27.3 Å². The van der Waals surface area contributed by atoms with E-state index in [-0.39, 0.29) is 17.6 Å². The molecule has 2 amide bonds. The number of aliphatic carboxylic acids is 1. The van der Waals surface area contributed by atoms with Gasteiger partial charge in [-0.1, -0.05) is 42.5 Å². The molecule has 44 heavy (non-hydrogen) atoms. The molecule has 3 aromatic carbocycles. The number of hydrogen-bond acceptors (Lipinski definition) is 5. The standard InChI is InChI=1S/C30H30FN3O3.C2HF3O2/c1-37-24-9-4-8-20(15-24)21-12-13-28(27(31)16-21)33-29(35)25-10-5-11-26(25)30(36)34-18-22-7-3-2-6-19(22)14-23(34)17-32;3-2(4,5)1(6)7/h2-4,6-9,12-13,15-16,23H,5,10-11,14,17-18,32H2,1H3,(H,33,35);(H,6,7)/t23-;/m0./s1. The molecule has 8 nitrogen and oxygen atoms in total. The molecule has 4 N–H and O–H groups in total. The van der Waals surface area contributed by atoms with Crippen LogP contribution < -0.4 is 15.8 Å². The number of ether oxygens (including phenoxy) is 1. The highest BCUT2D eigenvalue weighted by molar-refractivity contribution is 6.10. The van der Waals surface area contributed by atoms with E-state index in [0.29, 0.717) is 61.2 Å². The summed E-state index contributed by atoms with van der Waals surface area (Å²) in [5.41, 5.74) is 10.8. The van der Waals surface area contributed by atoms with E-state index in [1.807, 2.05) is 42.5 Å². The predicted octanol–water partition coefficient (Wildman–Crippen LogP) is 5.47. The molecule has 0 fully saturated rings. The van der Waals surface area contributed by atoms with Crippen molar-refractivity contribution in [1.29, 1.82) is 0 Å². The zero-order valence-electron chi connectivity index (χ0n) is 23.8. The van der Waals surface area contributed by atoms with E-state index < -0.39 is 23.9 Å². The lowest BCUT2D eigenvalue weighted by atomic mass is 9.93. The van der Waals surface area contributed by atoms with E-state index in [0.717, 1.165) is 11.1 Å². The van der Waals surface area contributed by atoms with E-state index in [1.54, 1.807) is 24.1 Å². The topological polar surface area (TPSA) is 122 Å². The molecule has 0 unspecified atom stereocenters. The van der Waals surface area contributed by atoms with Crippen LogP contribution in [0.2, 0.25) is 0 Å². The van der Waals surface area contributed by atoms with Gasteiger partial charge in [-0.05, 0) is 72.2 Å².